The second-order valence-corrected chi connectivity index (χ2v) is 4.99. The number of hydrogen-bond donors (Lipinski definition) is 1. The Morgan fingerprint density at radius 2 is 1.89 bits per heavy atom. The summed E-state index contributed by atoms with van der Waals surface area (Å²) in [5.41, 5.74) is 11.0. The molecule has 0 fully saturated rings. The van der Waals surface area contributed by atoms with Gasteiger partial charge in [0.2, 0.25) is 0 Å². The van der Waals surface area contributed by atoms with Gasteiger partial charge in [0.1, 0.15) is 0 Å². The Balaban J connectivity index is 1.90. The topological polar surface area (TPSA) is 46.3 Å². The van der Waals surface area contributed by atoms with Crippen molar-refractivity contribution < 1.29 is 4.79 Å². The molecule has 0 unspecified atom stereocenters. The second-order valence-electron chi connectivity index (χ2n) is 4.99. The predicted octanol–water partition coefficient (Wildman–Crippen LogP) is 2.99. The minimum atomic E-state index is 0.0998. The summed E-state index contributed by atoms with van der Waals surface area (Å²) in [5.74, 6) is 0.0998. The molecular weight excluding hydrogens is 236 g/mol. The molecule has 96 valence electrons. The summed E-state index contributed by atoms with van der Waals surface area (Å²) in [6.07, 6.45) is 0. The maximum Gasteiger partial charge on any atom is 0.159 e. The van der Waals surface area contributed by atoms with E-state index in [-0.39, 0.29) is 5.78 Å². The quantitative estimate of drug-likeness (QED) is 0.660. The molecule has 0 bridgehead atoms. The first-order valence-electron chi connectivity index (χ1n) is 6.37. The molecule has 0 spiro atoms. The normalized spacial score (nSPS) is 13.4. The summed E-state index contributed by atoms with van der Waals surface area (Å²) >= 11 is 0. The molecule has 1 aliphatic rings. The molecule has 1 aliphatic heterocycles. The maximum atomic E-state index is 11.4. The molecule has 0 atom stereocenters. The highest BCUT2D eigenvalue weighted by Crippen LogP contribution is 2.29. The van der Waals surface area contributed by atoms with Crippen molar-refractivity contribution in [1.29, 1.82) is 0 Å². The van der Waals surface area contributed by atoms with E-state index < -0.39 is 0 Å². The summed E-state index contributed by atoms with van der Waals surface area (Å²) in [6, 6.07) is 13.8. The number of carbonyl (C=O) groups is 1. The number of nitrogens with two attached hydrogens (primary N) is 1. The zero-order valence-electron chi connectivity index (χ0n) is 10.9. The highest BCUT2D eigenvalue weighted by Gasteiger charge is 2.19. The van der Waals surface area contributed by atoms with Gasteiger partial charge in [0.05, 0.1) is 0 Å². The zero-order chi connectivity index (χ0) is 13.4. The van der Waals surface area contributed by atoms with Crippen LogP contribution in [0.5, 0.6) is 0 Å². The lowest BCUT2D eigenvalue weighted by atomic mass is 10.1. The van der Waals surface area contributed by atoms with E-state index in [9.17, 15) is 4.79 Å². The molecule has 3 rings (SSSR count). The SMILES string of the molecule is CC(=O)c1cccc(N2Cc3ccc(N)cc3C2)c1. The lowest BCUT2D eigenvalue weighted by Gasteiger charge is -2.18. The van der Waals surface area contributed by atoms with Crippen LogP contribution in [0.3, 0.4) is 0 Å². The minimum Gasteiger partial charge on any atom is -0.399 e. The number of ketones is 1. The number of Topliss-reactive ketones (excluding diaryl/α,β-unsaturated/α-hetero) is 1. The van der Waals surface area contributed by atoms with E-state index in [1.807, 2.05) is 36.4 Å². The van der Waals surface area contributed by atoms with Gasteiger partial charge in [-0.2, -0.15) is 0 Å². The van der Waals surface area contributed by atoms with Crippen molar-refractivity contribution >= 4 is 17.2 Å². The van der Waals surface area contributed by atoms with Crippen LogP contribution < -0.4 is 10.6 Å². The standard InChI is InChI=1S/C16H16N2O/c1-11(19)12-3-2-4-16(8-12)18-9-13-5-6-15(17)7-14(13)10-18/h2-8H,9-10,17H2,1H3. The first-order chi connectivity index (χ1) is 9.13. The zero-order valence-corrected chi connectivity index (χ0v) is 10.9. The predicted molar refractivity (Wildman–Crippen MR) is 77.2 cm³/mol. The Labute approximate surface area is 112 Å². The number of carbonyl (C=O) groups excluding carboxylic acids is 1. The largest absolute Gasteiger partial charge is 0.399 e. The van der Waals surface area contributed by atoms with Gasteiger partial charge in [-0.1, -0.05) is 18.2 Å². The first kappa shape index (κ1) is 11.8. The molecule has 2 aromatic rings. The van der Waals surface area contributed by atoms with Gasteiger partial charge in [-0.05, 0) is 42.3 Å². The van der Waals surface area contributed by atoms with E-state index in [0.29, 0.717) is 0 Å². The number of nitrogens with zero attached hydrogens (tertiary/aromatic N) is 1. The number of rotatable bonds is 2. The Kier molecular flexibility index (Phi) is 2.75. The van der Waals surface area contributed by atoms with Gasteiger partial charge in [-0.25, -0.2) is 0 Å². The highest BCUT2D eigenvalue weighted by molar-refractivity contribution is 5.95. The Hall–Kier alpha value is -2.29. The summed E-state index contributed by atoms with van der Waals surface area (Å²) in [6.45, 7) is 3.32. The summed E-state index contributed by atoms with van der Waals surface area (Å²) < 4.78 is 0. The van der Waals surface area contributed by atoms with Gasteiger partial charge in [0.25, 0.3) is 0 Å². The Bertz CT molecular complexity index is 649. The van der Waals surface area contributed by atoms with Crippen LogP contribution in [0, 0.1) is 0 Å². The smallest absolute Gasteiger partial charge is 0.159 e. The van der Waals surface area contributed by atoms with Crippen molar-refractivity contribution in [2.45, 2.75) is 20.0 Å². The van der Waals surface area contributed by atoms with Crippen molar-refractivity contribution in [3.8, 4) is 0 Å². The van der Waals surface area contributed by atoms with Crippen molar-refractivity contribution in [2.24, 2.45) is 0 Å². The lowest BCUT2D eigenvalue weighted by Crippen LogP contribution is -2.14. The fourth-order valence-corrected chi connectivity index (χ4v) is 2.52. The van der Waals surface area contributed by atoms with Crippen molar-refractivity contribution in [3.05, 3.63) is 59.2 Å². The Morgan fingerprint density at radius 3 is 2.68 bits per heavy atom. The Morgan fingerprint density at radius 1 is 1.11 bits per heavy atom. The molecular formula is C16H16N2O. The fourth-order valence-electron chi connectivity index (χ4n) is 2.52. The summed E-state index contributed by atoms with van der Waals surface area (Å²) in [4.78, 5) is 13.7. The molecule has 1 heterocycles. The van der Waals surface area contributed by atoms with Crippen molar-refractivity contribution in [2.75, 3.05) is 10.6 Å². The van der Waals surface area contributed by atoms with Crippen LogP contribution in [0.1, 0.15) is 28.4 Å². The average Bonchev–Trinajstić information content (AvgIpc) is 2.81. The average molecular weight is 252 g/mol. The van der Waals surface area contributed by atoms with Gasteiger partial charge in [-0.3, -0.25) is 4.79 Å². The maximum absolute atomic E-state index is 11.4. The van der Waals surface area contributed by atoms with E-state index in [1.54, 1.807) is 6.92 Å². The van der Waals surface area contributed by atoms with Gasteiger partial charge >= 0.3 is 0 Å². The second kappa shape index (κ2) is 4.43. The molecule has 3 nitrogen and oxygen atoms in total. The third-order valence-electron chi connectivity index (χ3n) is 3.57. The van der Waals surface area contributed by atoms with E-state index in [0.717, 1.165) is 30.0 Å². The monoisotopic (exact) mass is 252 g/mol. The molecule has 0 aromatic heterocycles. The molecule has 0 aliphatic carbocycles. The van der Waals surface area contributed by atoms with Crippen LogP contribution in [0.15, 0.2) is 42.5 Å². The van der Waals surface area contributed by atoms with E-state index in [4.69, 9.17) is 5.73 Å². The van der Waals surface area contributed by atoms with Crippen molar-refractivity contribution in [3.63, 3.8) is 0 Å². The molecule has 2 N–H and O–H groups in total. The molecule has 0 saturated heterocycles. The van der Waals surface area contributed by atoms with Gasteiger partial charge in [0.15, 0.2) is 5.78 Å². The van der Waals surface area contributed by atoms with Crippen LogP contribution in [-0.2, 0) is 13.1 Å². The van der Waals surface area contributed by atoms with Crippen molar-refractivity contribution in [1.82, 2.24) is 0 Å². The summed E-state index contributed by atoms with van der Waals surface area (Å²) in [5, 5.41) is 0. The highest BCUT2D eigenvalue weighted by atomic mass is 16.1. The van der Waals surface area contributed by atoms with Crippen LogP contribution in [0.25, 0.3) is 0 Å². The van der Waals surface area contributed by atoms with Crippen LogP contribution in [-0.4, -0.2) is 5.78 Å². The number of nitrogen functional groups attached to an aromatic ring is 1. The van der Waals surface area contributed by atoms with Gasteiger partial charge in [-0.15, -0.1) is 0 Å². The number of anilines is 2. The van der Waals surface area contributed by atoms with Gasteiger partial charge < -0.3 is 10.6 Å². The molecule has 19 heavy (non-hydrogen) atoms. The molecule has 0 amide bonds. The molecule has 3 heteroatoms. The summed E-state index contributed by atoms with van der Waals surface area (Å²) in [7, 11) is 0. The minimum absolute atomic E-state index is 0.0998. The first-order valence-corrected chi connectivity index (χ1v) is 6.37. The third kappa shape index (κ3) is 2.19. The van der Waals surface area contributed by atoms with Gasteiger partial charge in [0, 0.05) is 30.0 Å². The van der Waals surface area contributed by atoms with E-state index >= 15 is 0 Å². The number of benzene rings is 2. The van der Waals surface area contributed by atoms with Crippen LogP contribution in [0.2, 0.25) is 0 Å². The number of fused-ring (bicyclic) bond motifs is 1. The number of hydrogen-bond acceptors (Lipinski definition) is 3. The fraction of sp³-hybridized carbons (Fsp3) is 0.188. The molecule has 2 aromatic carbocycles. The third-order valence-corrected chi connectivity index (χ3v) is 3.57. The molecule has 0 radical (unpaired) electrons. The van der Waals surface area contributed by atoms with Crippen LogP contribution >= 0.6 is 0 Å². The molecule has 0 saturated carbocycles. The van der Waals surface area contributed by atoms with Crippen LogP contribution in [0.4, 0.5) is 11.4 Å². The van der Waals surface area contributed by atoms with E-state index in [2.05, 4.69) is 11.0 Å². The van der Waals surface area contributed by atoms with E-state index in [1.165, 1.54) is 11.1 Å². The lowest BCUT2D eigenvalue weighted by molar-refractivity contribution is 0.101.